The molecular formula is C11H7ClN4. The Kier molecular flexibility index (Phi) is 2.08. The topological polar surface area (TPSA) is 43.1 Å². The summed E-state index contributed by atoms with van der Waals surface area (Å²) in [5.74, 6) is 0. The Balaban J connectivity index is 2.32. The Hall–Kier alpha value is -1.94. The molecular weight excluding hydrogens is 224 g/mol. The van der Waals surface area contributed by atoms with Gasteiger partial charge >= 0.3 is 0 Å². The molecule has 3 aromatic heterocycles. The lowest BCUT2D eigenvalue weighted by Crippen LogP contribution is -1.96. The quantitative estimate of drug-likeness (QED) is 0.645. The summed E-state index contributed by atoms with van der Waals surface area (Å²) in [5, 5.41) is 4.72. The highest BCUT2D eigenvalue weighted by atomic mass is 35.5. The molecule has 0 amide bonds. The van der Waals surface area contributed by atoms with E-state index in [1.807, 2.05) is 24.3 Å². The van der Waals surface area contributed by atoms with Crippen molar-refractivity contribution in [2.24, 2.45) is 0 Å². The fourth-order valence-corrected chi connectivity index (χ4v) is 1.74. The van der Waals surface area contributed by atoms with Gasteiger partial charge in [-0.15, -0.1) is 0 Å². The molecule has 16 heavy (non-hydrogen) atoms. The summed E-state index contributed by atoms with van der Waals surface area (Å²) in [6, 6.07) is 7.58. The van der Waals surface area contributed by atoms with Gasteiger partial charge in [0.05, 0.1) is 17.6 Å². The van der Waals surface area contributed by atoms with Crippen LogP contribution in [0.5, 0.6) is 0 Å². The molecule has 0 unspecified atom stereocenters. The molecule has 0 spiro atoms. The van der Waals surface area contributed by atoms with Crippen LogP contribution in [0.25, 0.3) is 17.0 Å². The number of hydrogen-bond donors (Lipinski definition) is 0. The molecule has 5 heteroatoms. The molecule has 0 bridgehead atoms. The highest BCUT2D eigenvalue weighted by Crippen LogP contribution is 2.20. The first-order valence-corrected chi connectivity index (χ1v) is 5.14. The van der Waals surface area contributed by atoms with E-state index < -0.39 is 0 Å². The van der Waals surface area contributed by atoms with Crippen LogP contribution in [0.4, 0.5) is 0 Å². The largest absolute Gasteiger partial charge is 0.255 e. The minimum atomic E-state index is 0.540. The van der Waals surface area contributed by atoms with E-state index in [1.165, 1.54) is 0 Å². The van der Waals surface area contributed by atoms with E-state index in [0.29, 0.717) is 10.7 Å². The van der Waals surface area contributed by atoms with E-state index >= 15 is 0 Å². The van der Waals surface area contributed by atoms with E-state index in [0.717, 1.165) is 11.4 Å². The van der Waals surface area contributed by atoms with Gasteiger partial charge in [-0.05, 0) is 18.2 Å². The number of rotatable bonds is 1. The molecule has 78 valence electrons. The van der Waals surface area contributed by atoms with Gasteiger partial charge in [0.2, 0.25) is 0 Å². The number of nitrogens with zero attached hydrogens (tertiary/aromatic N) is 4. The van der Waals surface area contributed by atoms with Crippen LogP contribution in [-0.2, 0) is 0 Å². The van der Waals surface area contributed by atoms with Crippen molar-refractivity contribution >= 4 is 17.2 Å². The lowest BCUT2D eigenvalue weighted by atomic mass is 10.2. The Bertz CT molecular complexity index is 633. The van der Waals surface area contributed by atoms with Crippen molar-refractivity contribution in [3.8, 4) is 11.4 Å². The molecule has 0 fully saturated rings. The first-order valence-electron chi connectivity index (χ1n) is 4.76. The van der Waals surface area contributed by atoms with Gasteiger partial charge in [-0.1, -0.05) is 17.7 Å². The van der Waals surface area contributed by atoms with E-state index in [-0.39, 0.29) is 0 Å². The molecule has 3 rings (SSSR count). The number of pyridine rings is 1. The van der Waals surface area contributed by atoms with Crippen molar-refractivity contribution in [2.75, 3.05) is 0 Å². The number of halogens is 1. The minimum absolute atomic E-state index is 0.540. The molecule has 0 aliphatic carbocycles. The average molecular weight is 231 g/mol. The maximum atomic E-state index is 5.97. The van der Waals surface area contributed by atoms with Crippen LogP contribution in [0.1, 0.15) is 0 Å². The van der Waals surface area contributed by atoms with E-state index in [2.05, 4.69) is 15.1 Å². The standard InChI is InChI=1S/C11H7ClN4/c12-8-7-15-16-10(4-6-14-11(8)16)9-3-1-2-5-13-9/h1-7H. The minimum Gasteiger partial charge on any atom is -0.255 e. The molecule has 0 aliphatic rings. The first-order chi connectivity index (χ1) is 7.86. The molecule has 0 radical (unpaired) electrons. The second kappa shape index (κ2) is 3.57. The predicted molar refractivity (Wildman–Crippen MR) is 61.2 cm³/mol. The maximum absolute atomic E-state index is 5.97. The van der Waals surface area contributed by atoms with Gasteiger partial charge in [0.15, 0.2) is 5.65 Å². The third-order valence-corrected chi connectivity index (χ3v) is 2.55. The summed E-state index contributed by atoms with van der Waals surface area (Å²) in [4.78, 5) is 8.44. The second-order valence-corrected chi connectivity index (χ2v) is 3.68. The highest BCUT2D eigenvalue weighted by Gasteiger charge is 2.08. The van der Waals surface area contributed by atoms with Crippen LogP contribution < -0.4 is 0 Å². The van der Waals surface area contributed by atoms with Crippen molar-refractivity contribution in [1.29, 1.82) is 0 Å². The first kappa shape index (κ1) is 9.30. The van der Waals surface area contributed by atoms with E-state index in [9.17, 15) is 0 Å². The highest BCUT2D eigenvalue weighted by molar-refractivity contribution is 6.33. The van der Waals surface area contributed by atoms with Crippen molar-refractivity contribution < 1.29 is 0 Å². The summed E-state index contributed by atoms with van der Waals surface area (Å²) < 4.78 is 1.69. The lowest BCUT2D eigenvalue weighted by Gasteiger charge is -2.02. The van der Waals surface area contributed by atoms with Gasteiger partial charge < -0.3 is 0 Å². The van der Waals surface area contributed by atoms with Gasteiger partial charge in [-0.2, -0.15) is 5.10 Å². The molecule has 0 atom stereocenters. The molecule has 3 aromatic rings. The Morgan fingerprint density at radius 1 is 1.06 bits per heavy atom. The fraction of sp³-hybridized carbons (Fsp3) is 0. The van der Waals surface area contributed by atoms with Crippen LogP contribution in [0, 0.1) is 0 Å². The van der Waals surface area contributed by atoms with E-state index in [1.54, 1.807) is 23.1 Å². The van der Waals surface area contributed by atoms with Crippen LogP contribution in [0.3, 0.4) is 0 Å². The molecule has 0 saturated heterocycles. The van der Waals surface area contributed by atoms with Crippen LogP contribution in [0.15, 0.2) is 42.9 Å². The van der Waals surface area contributed by atoms with Crippen LogP contribution >= 0.6 is 11.6 Å². The Morgan fingerprint density at radius 3 is 2.81 bits per heavy atom. The summed E-state index contributed by atoms with van der Waals surface area (Å²) in [6.45, 7) is 0. The van der Waals surface area contributed by atoms with Crippen LogP contribution in [0.2, 0.25) is 5.02 Å². The van der Waals surface area contributed by atoms with Gasteiger partial charge in [0, 0.05) is 12.4 Å². The molecule has 0 N–H and O–H groups in total. The van der Waals surface area contributed by atoms with Crippen molar-refractivity contribution in [3.05, 3.63) is 47.9 Å². The van der Waals surface area contributed by atoms with Gasteiger partial charge in [-0.3, -0.25) is 4.98 Å². The fourth-order valence-electron chi connectivity index (χ4n) is 1.57. The average Bonchev–Trinajstić information content (AvgIpc) is 2.73. The Labute approximate surface area is 96.5 Å². The predicted octanol–water partition coefficient (Wildman–Crippen LogP) is 2.44. The van der Waals surface area contributed by atoms with Crippen molar-refractivity contribution in [3.63, 3.8) is 0 Å². The molecule has 0 aliphatic heterocycles. The number of hydrogen-bond acceptors (Lipinski definition) is 3. The van der Waals surface area contributed by atoms with Gasteiger partial charge in [0.25, 0.3) is 0 Å². The summed E-state index contributed by atoms with van der Waals surface area (Å²) in [7, 11) is 0. The number of aromatic nitrogens is 4. The second-order valence-electron chi connectivity index (χ2n) is 3.27. The monoisotopic (exact) mass is 230 g/mol. The normalized spacial score (nSPS) is 10.8. The maximum Gasteiger partial charge on any atom is 0.174 e. The van der Waals surface area contributed by atoms with E-state index in [4.69, 9.17) is 11.6 Å². The van der Waals surface area contributed by atoms with Gasteiger partial charge in [0.1, 0.15) is 5.02 Å². The molecule has 4 nitrogen and oxygen atoms in total. The smallest absolute Gasteiger partial charge is 0.174 e. The molecule has 0 aromatic carbocycles. The zero-order valence-corrected chi connectivity index (χ0v) is 8.96. The molecule has 3 heterocycles. The summed E-state index contributed by atoms with van der Waals surface area (Å²) in [5.41, 5.74) is 2.36. The van der Waals surface area contributed by atoms with Crippen LogP contribution in [-0.4, -0.2) is 19.6 Å². The Morgan fingerprint density at radius 2 is 2.00 bits per heavy atom. The zero-order chi connectivity index (χ0) is 11.0. The lowest BCUT2D eigenvalue weighted by molar-refractivity contribution is 0.942. The van der Waals surface area contributed by atoms with Gasteiger partial charge in [-0.25, -0.2) is 9.50 Å². The summed E-state index contributed by atoms with van der Waals surface area (Å²) >= 11 is 5.97. The molecule has 0 saturated carbocycles. The number of fused-ring (bicyclic) bond motifs is 1. The SMILES string of the molecule is Clc1cnn2c(-c3ccccn3)ccnc12. The van der Waals surface area contributed by atoms with Crippen molar-refractivity contribution in [1.82, 2.24) is 19.6 Å². The third kappa shape index (κ3) is 1.35. The zero-order valence-electron chi connectivity index (χ0n) is 8.21. The third-order valence-electron chi connectivity index (χ3n) is 2.29. The van der Waals surface area contributed by atoms with Crippen molar-refractivity contribution in [2.45, 2.75) is 0 Å². The summed E-state index contributed by atoms with van der Waals surface area (Å²) in [6.07, 6.45) is 5.02.